The zero-order valence-corrected chi connectivity index (χ0v) is 24.2. The maximum absolute atomic E-state index is 13.8. The maximum Gasteiger partial charge on any atom is 0.325 e. The van der Waals surface area contributed by atoms with Gasteiger partial charge in [-0.05, 0) is 79.8 Å². The van der Waals surface area contributed by atoms with Gasteiger partial charge in [-0.1, -0.05) is 29.8 Å². The molecule has 1 aromatic heterocycles. The molecule has 1 aliphatic heterocycles. The third-order valence-electron chi connectivity index (χ3n) is 6.58. The summed E-state index contributed by atoms with van der Waals surface area (Å²) in [6.45, 7) is 3.23. The van der Waals surface area contributed by atoms with Crippen LogP contribution >= 0.6 is 23.8 Å². The molecule has 1 aliphatic rings. The molecule has 0 atom stereocenters. The molecule has 0 saturated carbocycles. The Morgan fingerprint density at radius 3 is 2.37 bits per heavy atom. The summed E-state index contributed by atoms with van der Waals surface area (Å²) >= 11 is 11.7. The molecule has 1 amide bonds. The molecular weight excluding hydrogens is 562 g/mol. The summed E-state index contributed by atoms with van der Waals surface area (Å²) in [5, 5.41) is 1.79. The quantitative estimate of drug-likeness (QED) is 0.129. The second kappa shape index (κ2) is 12.4. The fraction of sp³-hybridized carbons (Fsp3) is 0.194. The van der Waals surface area contributed by atoms with E-state index in [0.29, 0.717) is 36.2 Å². The van der Waals surface area contributed by atoms with Crippen LogP contribution in [-0.4, -0.2) is 53.3 Å². The number of ether oxygens (including phenoxy) is 3. The van der Waals surface area contributed by atoms with Crippen LogP contribution in [0.1, 0.15) is 12.5 Å². The number of anilines is 1. The summed E-state index contributed by atoms with van der Waals surface area (Å²) in [6, 6.07) is 22.2. The van der Waals surface area contributed by atoms with Crippen molar-refractivity contribution in [3.05, 3.63) is 95.3 Å². The summed E-state index contributed by atoms with van der Waals surface area (Å²) in [6.07, 6.45) is 3.74. The van der Waals surface area contributed by atoms with Gasteiger partial charge in [-0.25, -0.2) is 0 Å². The van der Waals surface area contributed by atoms with Crippen molar-refractivity contribution in [2.24, 2.45) is 0 Å². The molecule has 2 heterocycles. The van der Waals surface area contributed by atoms with Crippen molar-refractivity contribution in [1.29, 1.82) is 0 Å². The monoisotopic (exact) mass is 589 g/mol. The molecule has 0 aliphatic carbocycles. The summed E-state index contributed by atoms with van der Waals surface area (Å²) in [7, 11) is 1.30. The molecule has 0 unspecified atom stereocenters. The molecule has 4 aromatic rings. The van der Waals surface area contributed by atoms with E-state index in [1.54, 1.807) is 42.5 Å². The number of carbonyl (C=O) groups excluding carboxylic acids is 2. The van der Waals surface area contributed by atoms with E-state index in [1.165, 1.54) is 16.9 Å². The highest BCUT2D eigenvalue weighted by atomic mass is 35.5. The first-order valence-corrected chi connectivity index (χ1v) is 13.8. The summed E-state index contributed by atoms with van der Waals surface area (Å²) in [5.41, 5.74) is 2.63. The number of benzene rings is 3. The number of aromatic nitrogens is 1. The van der Waals surface area contributed by atoms with Crippen molar-refractivity contribution in [2.45, 2.75) is 13.5 Å². The van der Waals surface area contributed by atoms with E-state index in [9.17, 15) is 9.59 Å². The van der Waals surface area contributed by atoms with E-state index in [1.807, 2.05) is 49.5 Å². The molecule has 10 heteroatoms. The molecule has 1 saturated heterocycles. The minimum Gasteiger partial charge on any atom is -0.494 e. The SMILES string of the molecule is CCOc1ccc(N2C(=O)/C(=C/c3cn(CCOc4ccc(Cl)cc4)c4ccccc34)N(CC(=O)OC)C2=S)cc1. The Labute approximate surface area is 248 Å². The third-order valence-corrected chi connectivity index (χ3v) is 7.24. The Kier molecular flexibility index (Phi) is 8.56. The predicted octanol–water partition coefficient (Wildman–Crippen LogP) is 5.92. The number of esters is 1. The minimum absolute atomic E-state index is 0.191. The van der Waals surface area contributed by atoms with Crippen LogP contribution in [0.5, 0.6) is 11.5 Å². The van der Waals surface area contributed by atoms with Crippen LogP contribution in [0.25, 0.3) is 17.0 Å². The largest absolute Gasteiger partial charge is 0.494 e. The molecule has 0 bridgehead atoms. The van der Waals surface area contributed by atoms with Crippen LogP contribution in [0.15, 0.2) is 84.7 Å². The van der Waals surface area contributed by atoms with Crippen LogP contribution in [-0.2, 0) is 20.9 Å². The van der Waals surface area contributed by atoms with E-state index in [2.05, 4.69) is 4.57 Å². The molecule has 0 radical (unpaired) electrons. The van der Waals surface area contributed by atoms with E-state index < -0.39 is 5.97 Å². The minimum atomic E-state index is -0.513. The summed E-state index contributed by atoms with van der Waals surface area (Å²) in [4.78, 5) is 29.1. The first kappa shape index (κ1) is 28.2. The van der Waals surface area contributed by atoms with Crippen molar-refractivity contribution in [1.82, 2.24) is 9.47 Å². The Morgan fingerprint density at radius 2 is 1.66 bits per heavy atom. The Bertz CT molecular complexity index is 1620. The number of amides is 1. The fourth-order valence-corrected chi connectivity index (χ4v) is 5.10. The molecule has 1 fully saturated rings. The fourth-order valence-electron chi connectivity index (χ4n) is 4.63. The first-order chi connectivity index (χ1) is 19.9. The number of hydrogen-bond donors (Lipinski definition) is 0. The number of para-hydroxylation sites is 1. The summed E-state index contributed by atoms with van der Waals surface area (Å²) in [5.74, 6) is 0.558. The second-order valence-electron chi connectivity index (χ2n) is 9.14. The Balaban J connectivity index is 1.47. The molecule has 210 valence electrons. The molecule has 0 spiro atoms. The highest BCUT2D eigenvalue weighted by molar-refractivity contribution is 7.80. The number of fused-ring (bicyclic) bond motifs is 1. The highest BCUT2D eigenvalue weighted by Crippen LogP contribution is 2.32. The van der Waals surface area contributed by atoms with Crippen LogP contribution in [0.2, 0.25) is 5.02 Å². The van der Waals surface area contributed by atoms with Gasteiger partial charge in [0.2, 0.25) is 0 Å². The number of thiocarbonyl (C=S) groups is 1. The van der Waals surface area contributed by atoms with Gasteiger partial charge >= 0.3 is 5.97 Å². The van der Waals surface area contributed by atoms with Gasteiger partial charge in [0, 0.05) is 27.7 Å². The van der Waals surface area contributed by atoms with Gasteiger partial charge in [0.15, 0.2) is 5.11 Å². The van der Waals surface area contributed by atoms with Gasteiger partial charge in [0.1, 0.15) is 30.3 Å². The average molecular weight is 590 g/mol. The van der Waals surface area contributed by atoms with Crippen LogP contribution in [0.3, 0.4) is 0 Å². The Hall–Kier alpha value is -4.34. The predicted molar refractivity (Wildman–Crippen MR) is 163 cm³/mol. The van der Waals surface area contributed by atoms with Gasteiger partial charge in [-0.3, -0.25) is 14.5 Å². The van der Waals surface area contributed by atoms with Crippen LogP contribution in [0, 0.1) is 0 Å². The number of hydrogen-bond acceptors (Lipinski definition) is 6. The number of halogens is 1. The summed E-state index contributed by atoms with van der Waals surface area (Å²) < 4.78 is 18.4. The van der Waals surface area contributed by atoms with Crippen molar-refractivity contribution >= 4 is 63.5 Å². The molecule has 3 aromatic carbocycles. The van der Waals surface area contributed by atoms with Crippen molar-refractivity contribution in [2.75, 3.05) is 31.8 Å². The lowest BCUT2D eigenvalue weighted by atomic mass is 10.1. The lowest BCUT2D eigenvalue weighted by molar-refractivity contribution is -0.140. The molecule has 0 N–H and O–H groups in total. The van der Waals surface area contributed by atoms with E-state index in [4.69, 9.17) is 38.0 Å². The zero-order valence-electron chi connectivity index (χ0n) is 22.6. The average Bonchev–Trinajstić information content (AvgIpc) is 3.44. The van der Waals surface area contributed by atoms with Crippen molar-refractivity contribution < 1.29 is 23.8 Å². The topological polar surface area (TPSA) is 73.2 Å². The molecule has 8 nitrogen and oxygen atoms in total. The smallest absolute Gasteiger partial charge is 0.325 e. The number of nitrogens with zero attached hydrogens (tertiary/aromatic N) is 3. The van der Waals surface area contributed by atoms with Crippen molar-refractivity contribution in [3.8, 4) is 11.5 Å². The van der Waals surface area contributed by atoms with Gasteiger partial charge in [-0.15, -0.1) is 0 Å². The Morgan fingerprint density at radius 1 is 0.976 bits per heavy atom. The van der Waals surface area contributed by atoms with Crippen LogP contribution in [0.4, 0.5) is 5.69 Å². The van der Waals surface area contributed by atoms with Gasteiger partial charge in [0.25, 0.3) is 5.91 Å². The lowest BCUT2D eigenvalue weighted by Gasteiger charge is -2.19. The van der Waals surface area contributed by atoms with Crippen LogP contribution < -0.4 is 14.4 Å². The van der Waals surface area contributed by atoms with E-state index in [-0.39, 0.29) is 23.3 Å². The molecule has 41 heavy (non-hydrogen) atoms. The molecule has 5 rings (SSSR count). The second-order valence-corrected chi connectivity index (χ2v) is 9.94. The highest BCUT2D eigenvalue weighted by Gasteiger charge is 2.40. The van der Waals surface area contributed by atoms with E-state index in [0.717, 1.165) is 22.2 Å². The first-order valence-electron chi connectivity index (χ1n) is 13.0. The number of carbonyl (C=O) groups is 2. The van der Waals surface area contributed by atoms with Gasteiger partial charge in [-0.2, -0.15) is 0 Å². The van der Waals surface area contributed by atoms with Gasteiger partial charge in [0.05, 0.1) is 25.9 Å². The standard InChI is InChI=1S/C31H28ClN3O5S/c1-3-39-24-14-10-23(11-15-24)35-30(37)28(34(31(35)41)20-29(36)38-2)18-21-19-33(27-7-5-4-6-26(21)27)16-17-40-25-12-8-22(32)9-13-25/h4-15,18-19H,3,16-17,20H2,1-2H3/b28-18-. The number of rotatable bonds is 10. The zero-order chi connectivity index (χ0) is 28.9. The number of methoxy groups -OCH3 is 1. The molecular formula is C31H28ClN3O5S. The van der Waals surface area contributed by atoms with Gasteiger partial charge < -0.3 is 23.7 Å². The lowest BCUT2D eigenvalue weighted by Crippen LogP contribution is -2.35. The van der Waals surface area contributed by atoms with Crippen molar-refractivity contribution in [3.63, 3.8) is 0 Å². The van der Waals surface area contributed by atoms with E-state index >= 15 is 0 Å². The maximum atomic E-state index is 13.8. The normalized spacial score (nSPS) is 14.3. The third kappa shape index (κ3) is 6.06.